The molecule has 0 fully saturated rings. The summed E-state index contributed by atoms with van der Waals surface area (Å²) in [5.41, 5.74) is -0.230. The minimum absolute atomic E-state index is 0.0302. The van der Waals surface area contributed by atoms with Gasteiger partial charge in [-0.15, -0.1) is 5.10 Å². The number of nitrogens with zero attached hydrogens (tertiary/aromatic N) is 3. The maximum absolute atomic E-state index is 13.2. The highest BCUT2D eigenvalue weighted by atomic mass is 19.4. The van der Waals surface area contributed by atoms with Crippen LogP contribution in [0.3, 0.4) is 0 Å². The number of rotatable bonds is 6. The van der Waals surface area contributed by atoms with Gasteiger partial charge in [-0.25, -0.2) is 18.9 Å². The van der Waals surface area contributed by atoms with Crippen LogP contribution in [-0.2, 0) is 10.9 Å². The summed E-state index contributed by atoms with van der Waals surface area (Å²) in [6, 6.07) is 17.5. The number of ketones is 1. The van der Waals surface area contributed by atoms with Gasteiger partial charge in [-0.05, 0) is 42.5 Å². The lowest BCUT2D eigenvalue weighted by Crippen LogP contribution is -2.15. The Morgan fingerprint density at radius 1 is 0.912 bits per heavy atom. The second kappa shape index (κ2) is 9.26. The van der Waals surface area contributed by atoms with Crippen molar-refractivity contribution in [2.75, 3.05) is 6.61 Å². The van der Waals surface area contributed by atoms with Crippen molar-refractivity contribution < 1.29 is 31.9 Å². The van der Waals surface area contributed by atoms with Crippen molar-refractivity contribution in [3.63, 3.8) is 0 Å². The topological polar surface area (TPSA) is 74.1 Å². The number of carbonyl (C=O) groups is 2. The van der Waals surface area contributed by atoms with Crippen LogP contribution in [0.4, 0.5) is 17.6 Å². The zero-order valence-corrected chi connectivity index (χ0v) is 17.3. The van der Waals surface area contributed by atoms with Crippen LogP contribution in [-0.4, -0.2) is 33.1 Å². The fraction of sp³-hybridized carbons (Fsp3) is 0.0833. The Labute approximate surface area is 190 Å². The van der Waals surface area contributed by atoms with Gasteiger partial charge in [-0.3, -0.25) is 4.79 Å². The first-order valence-corrected chi connectivity index (χ1v) is 9.88. The molecule has 1 heterocycles. The average Bonchev–Trinajstić information content (AvgIpc) is 3.29. The normalized spacial score (nSPS) is 11.3. The highest BCUT2D eigenvalue weighted by Crippen LogP contribution is 2.31. The van der Waals surface area contributed by atoms with E-state index in [2.05, 4.69) is 10.1 Å². The van der Waals surface area contributed by atoms with E-state index in [1.54, 1.807) is 30.3 Å². The molecule has 3 aromatic carbocycles. The van der Waals surface area contributed by atoms with Crippen molar-refractivity contribution in [3.05, 3.63) is 102 Å². The zero-order valence-electron chi connectivity index (χ0n) is 17.3. The number of Topliss-reactive ketones (excluding diaryl/α,β-unsaturated/α-hetero) is 1. The summed E-state index contributed by atoms with van der Waals surface area (Å²) < 4.78 is 58.7. The van der Waals surface area contributed by atoms with E-state index in [9.17, 15) is 27.2 Å². The van der Waals surface area contributed by atoms with Crippen LogP contribution < -0.4 is 0 Å². The maximum Gasteiger partial charge on any atom is 0.416 e. The van der Waals surface area contributed by atoms with Crippen LogP contribution in [0.2, 0.25) is 0 Å². The van der Waals surface area contributed by atoms with E-state index in [0.717, 1.165) is 28.9 Å². The second-order valence-electron chi connectivity index (χ2n) is 7.09. The monoisotopic (exact) mass is 469 g/mol. The van der Waals surface area contributed by atoms with Gasteiger partial charge in [0.1, 0.15) is 5.82 Å². The van der Waals surface area contributed by atoms with Crippen LogP contribution in [0.25, 0.3) is 17.1 Å². The lowest BCUT2D eigenvalue weighted by Gasteiger charge is -2.10. The fourth-order valence-corrected chi connectivity index (χ4v) is 3.08. The largest absolute Gasteiger partial charge is 0.451 e. The summed E-state index contributed by atoms with van der Waals surface area (Å²) in [5.74, 6) is -2.47. The summed E-state index contributed by atoms with van der Waals surface area (Å²) in [6.45, 7) is -0.650. The summed E-state index contributed by atoms with van der Waals surface area (Å²) in [7, 11) is 0. The minimum atomic E-state index is -4.58. The molecule has 0 saturated heterocycles. The van der Waals surface area contributed by atoms with Crippen LogP contribution in [0.15, 0.2) is 78.9 Å². The Balaban J connectivity index is 1.64. The van der Waals surface area contributed by atoms with E-state index >= 15 is 0 Å². The third-order valence-corrected chi connectivity index (χ3v) is 4.74. The Morgan fingerprint density at radius 2 is 1.62 bits per heavy atom. The molecule has 0 aliphatic heterocycles. The summed E-state index contributed by atoms with van der Waals surface area (Å²) in [6.07, 6.45) is -4.58. The molecule has 0 saturated carbocycles. The average molecular weight is 469 g/mol. The third-order valence-electron chi connectivity index (χ3n) is 4.74. The molecule has 0 amide bonds. The molecule has 1 aromatic heterocycles. The van der Waals surface area contributed by atoms with E-state index in [1.165, 1.54) is 24.3 Å². The molecule has 0 aliphatic rings. The Hall–Kier alpha value is -4.34. The summed E-state index contributed by atoms with van der Waals surface area (Å²) >= 11 is 0. The highest BCUT2D eigenvalue weighted by molar-refractivity contribution is 5.98. The number of benzene rings is 3. The molecule has 0 N–H and O–H groups in total. The van der Waals surface area contributed by atoms with Gasteiger partial charge in [0.15, 0.2) is 18.2 Å². The number of carbonyl (C=O) groups excluding carboxylic acids is 2. The molecule has 4 rings (SSSR count). The van der Waals surface area contributed by atoms with E-state index in [4.69, 9.17) is 4.74 Å². The Kier molecular flexibility index (Phi) is 6.22. The third kappa shape index (κ3) is 5.01. The SMILES string of the molecule is O=C(COC(=O)c1nc(-c2ccccc2)n(-c2cccc(C(F)(F)F)c2)n1)c1ccc(F)cc1. The molecule has 0 atom stereocenters. The summed E-state index contributed by atoms with van der Waals surface area (Å²) in [4.78, 5) is 28.9. The standard InChI is InChI=1S/C24H15F4N3O3/c25-18-11-9-15(10-12-18)20(32)14-34-23(33)21-29-22(16-5-2-1-3-6-16)31(30-21)19-8-4-7-17(13-19)24(26,27)28/h1-13H,14H2. The number of aromatic nitrogens is 3. The first kappa shape index (κ1) is 22.8. The van der Waals surface area contributed by atoms with Crippen LogP contribution >= 0.6 is 0 Å². The molecule has 4 aromatic rings. The quantitative estimate of drug-likeness (QED) is 0.222. The van der Waals surface area contributed by atoms with Gasteiger partial charge < -0.3 is 4.74 Å². The fourth-order valence-electron chi connectivity index (χ4n) is 3.08. The van der Waals surface area contributed by atoms with E-state index in [1.807, 2.05) is 0 Å². The van der Waals surface area contributed by atoms with Crippen LogP contribution in [0.5, 0.6) is 0 Å². The smallest absolute Gasteiger partial charge is 0.416 e. The van der Waals surface area contributed by atoms with Crippen molar-refractivity contribution in [1.29, 1.82) is 0 Å². The number of halogens is 4. The lowest BCUT2D eigenvalue weighted by atomic mass is 10.1. The van der Waals surface area contributed by atoms with Crippen molar-refractivity contribution in [2.45, 2.75) is 6.18 Å². The summed E-state index contributed by atoms with van der Waals surface area (Å²) in [5, 5.41) is 4.04. The molecule has 0 bridgehead atoms. The molecule has 0 radical (unpaired) electrons. The second-order valence-corrected chi connectivity index (χ2v) is 7.09. The van der Waals surface area contributed by atoms with Gasteiger partial charge in [0, 0.05) is 11.1 Å². The molecule has 34 heavy (non-hydrogen) atoms. The molecule has 10 heteroatoms. The van der Waals surface area contributed by atoms with Gasteiger partial charge >= 0.3 is 12.1 Å². The number of alkyl halides is 3. The minimum Gasteiger partial charge on any atom is -0.451 e. The molecular weight excluding hydrogens is 454 g/mol. The molecule has 0 aliphatic carbocycles. The van der Waals surface area contributed by atoms with Gasteiger partial charge in [0.05, 0.1) is 11.3 Å². The van der Waals surface area contributed by atoms with Crippen molar-refractivity contribution >= 4 is 11.8 Å². The molecular formula is C24H15F4N3O3. The lowest BCUT2D eigenvalue weighted by molar-refractivity contribution is -0.137. The van der Waals surface area contributed by atoms with Crippen LogP contribution in [0, 0.1) is 5.82 Å². The van der Waals surface area contributed by atoms with E-state index in [-0.39, 0.29) is 17.1 Å². The predicted octanol–water partition coefficient (Wildman–Crippen LogP) is 5.13. The van der Waals surface area contributed by atoms with Gasteiger partial charge in [0.25, 0.3) is 5.82 Å². The first-order valence-electron chi connectivity index (χ1n) is 9.88. The molecule has 6 nitrogen and oxygen atoms in total. The highest BCUT2D eigenvalue weighted by Gasteiger charge is 2.31. The molecule has 0 unspecified atom stereocenters. The van der Waals surface area contributed by atoms with Gasteiger partial charge in [0.2, 0.25) is 0 Å². The van der Waals surface area contributed by atoms with Crippen molar-refractivity contribution in [1.82, 2.24) is 14.8 Å². The van der Waals surface area contributed by atoms with Crippen molar-refractivity contribution in [3.8, 4) is 17.1 Å². The van der Waals surface area contributed by atoms with E-state index in [0.29, 0.717) is 5.56 Å². The van der Waals surface area contributed by atoms with E-state index < -0.39 is 41.7 Å². The zero-order chi connectivity index (χ0) is 24.3. The molecule has 172 valence electrons. The van der Waals surface area contributed by atoms with Crippen molar-refractivity contribution in [2.24, 2.45) is 0 Å². The number of esters is 1. The number of hydrogen-bond donors (Lipinski definition) is 0. The van der Waals surface area contributed by atoms with Gasteiger partial charge in [-0.1, -0.05) is 36.4 Å². The maximum atomic E-state index is 13.2. The van der Waals surface area contributed by atoms with Crippen LogP contribution in [0.1, 0.15) is 26.5 Å². The molecule has 0 spiro atoms. The van der Waals surface area contributed by atoms with Gasteiger partial charge in [-0.2, -0.15) is 13.2 Å². The first-order chi connectivity index (χ1) is 16.2. The Morgan fingerprint density at radius 3 is 2.29 bits per heavy atom. The number of ether oxygens (including phenoxy) is 1. The number of hydrogen-bond acceptors (Lipinski definition) is 5. The predicted molar refractivity (Wildman–Crippen MR) is 113 cm³/mol. The Bertz CT molecular complexity index is 1330.